The van der Waals surface area contributed by atoms with E-state index in [4.69, 9.17) is 11.6 Å². The summed E-state index contributed by atoms with van der Waals surface area (Å²) in [5.74, 6) is 0.0436. The van der Waals surface area contributed by atoms with Crippen LogP contribution in [0.4, 0.5) is 15.5 Å². The predicted molar refractivity (Wildman–Crippen MR) is 118 cm³/mol. The average molecular weight is 433 g/mol. The molecular weight excluding hydrogens is 408 g/mol. The number of para-hydroxylation sites is 1. The Kier molecular flexibility index (Phi) is 6.25. The lowest BCUT2D eigenvalue weighted by Crippen LogP contribution is -2.53. The second-order valence-corrected chi connectivity index (χ2v) is 8.81. The van der Waals surface area contributed by atoms with Crippen LogP contribution in [-0.4, -0.2) is 61.0 Å². The number of amides is 3. The Morgan fingerprint density at radius 2 is 1.79 bits per heavy atom. The number of hydrogen-bond acceptors (Lipinski definition) is 4. The van der Waals surface area contributed by atoms with Crippen molar-refractivity contribution in [3.05, 3.63) is 46.8 Å². The van der Waals surface area contributed by atoms with Gasteiger partial charge in [0.05, 0.1) is 21.6 Å². The third-order valence-corrected chi connectivity index (χ3v) is 6.70. The molecule has 0 bridgehead atoms. The van der Waals surface area contributed by atoms with Crippen LogP contribution in [-0.2, 0) is 4.79 Å². The van der Waals surface area contributed by atoms with Crippen molar-refractivity contribution >= 4 is 45.6 Å². The van der Waals surface area contributed by atoms with Gasteiger partial charge in [0, 0.05) is 39.3 Å². The number of piperidine rings is 1. The van der Waals surface area contributed by atoms with Crippen LogP contribution in [0.15, 0.2) is 41.8 Å². The summed E-state index contributed by atoms with van der Waals surface area (Å²) in [4.78, 5) is 31.5. The highest BCUT2D eigenvalue weighted by atomic mass is 35.5. The van der Waals surface area contributed by atoms with Crippen molar-refractivity contribution < 1.29 is 9.59 Å². The highest BCUT2D eigenvalue weighted by Gasteiger charge is 2.33. The molecule has 1 atom stereocenters. The Morgan fingerprint density at radius 3 is 2.52 bits per heavy atom. The highest BCUT2D eigenvalue weighted by molar-refractivity contribution is 7.14. The largest absolute Gasteiger partial charge is 0.367 e. The summed E-state index contributed by atoms with van der Waals surface area (Å²) >= 11 is 7.81. The molecule has 8 heteroatoms. The van der Waals surface area contributed by atoms with Gasteiger partial charge in [0.25, 0.3) is 0 Å². The second-order valence-electron chi connectivity index (χ2n) is 7.46. The van der Waals surface area contributed by atoms with E-state index in [1.807, 2.05) is 46.7 Å². The number of carbonyl (C=O) groups excluding carboxylic acids is 2. The van der Waals surface area contributed by atoms with Crippen LogP contribution in [0, 0.1) is 5.92 Å². The summed E-state index contributed by atoms with van der Waals surface area (Å²) in [5.41, 5.74) is 1.02. The maximum Gasteiger partial charge on any atom is 0.322 e. The van der Waals surface area contributed by atoms with Gasteiger partial charge in [-0.2, -0.15) is 0 Å². The van der Waals surface area contributed by atoms with E-state index in [9.17, 15) is 9.59 Å². The molecule has 0 aliphatic carbocycles. The molecule has 2 aromatic rings. The van der Waals surface area contributed by atoms with Gasteiger partial charge in [-0.15, -0.1) is 11.3 Å². The van der Waals surface area contributed by atoms with Crippen molar-refractivity contribution in [3.63, 3.8) is 0 Å². The first kappa shape index (κ1) is 20.0. The Hall–Kier alpha value is -2.25. The molecule has 2 saturated heterocycles. The number of rotatable bonds is 3. The van der Waals surface area contributed by atoms with Gasteiger partial charge in [-0.05, 0) is 42.5 Å². The van der Waals surface area contributed by atoms with Crippen molar-refractivity contribution in [2.75, 3.05) is 49.5 Å². The highest BCUT2D eigenvalue weighted by Crippen LogP contribution is 2.27. The number of nitrogens with zero attached hydrogens (tertiary/aromatic N) is 3. The molecule has 2 aliphatic heterocycles. The first-order chi connectivity index (χ1) is 14.1. The van der Waals surface area contributed by atoms with Gasteiger partial charge < -0.3 is 14.7 Å². The molecule has 1 unspecified atom stereocenters. The summed E-state index contributed by atoms with van der Waals surface area (Å²) in [5, 5.41) is 6.43. The third kappa shape index (κ3) is 4.67. The second kappa shape index (κ2) is 9.05. The van der Waals surface area contributed by atoms with Crippen LogP contribution in [0.2, 0.25) is 5.02 Å². The van der Waals surface area contributed by atoms with E-state index >= 15 is 0 Å². The average Bonchev–Trinajstić information content (AvgIpc) is 3.27. The molecule has 0 spiro atoms. The van der Waals surface area contributed by atoms with Gasteiger partial charge in [0.15, 0.2) is 0 Å². The minimum Gasteiger partial charge on any atom is -0.367 e. The van der Waals surface area contributed by atoms with Crippen LogP contribution in [0.25, 0.3) is 0 Å². The zero-order valence-electron chi connectivity index (χ0n) is 16.2. The molecule has 1 N–H and O–H groups in total. The number of nitrogens with one attached hydrogen (secondary N) is 1. The summed E-state index contributed by atoms with van der Waals surface area (Å²) in [6, 6.07) is 11.5. The molecule has 3 amide bonds. The summed E-state index contributed by atoms with van der Waals surface area (Å²) in [6.07, 6.45) is 1.69. The Bertz CT molecular complexity index is 852. The standard InChI is InChI=1S/C21H25ClN4O2S/c22-17-6-1-2-7-18(17)24-10-12-25(13-11-24)20(27)16-5-3-9-26(15-16)21(28)23-19-8-4-14-29-19/h1-2,4,6-8,14,16H,3,5,9-13,15H2,(H,23,28). The molecule has 154 valence electrons. The zero-order valence-corrected chi connectivity index (χ0v) is 17.8. The SMILES string of the molecule is O=C(Nc1cccs1)N1CCCC(C(=O)N2CCN(c3ccccc3Cl)CC2)C1. The monoisotopic (exact) mass is 432 g/mol. The fourth-order valence-corrected chi connectivity index (χ4v) is 4.89. The number of halogens is 1. The summed E-state index contributed by atoms with van der Waals surface area (Å²) in [6.45, 7) is 4.08. The minimum absolute atomic E-state index is 0.117. The molecule has 0 saturated carbocycles. The van der Waals surface area contributed by atoms with E-state index in [0.717, 1.165) is 41.6 Å². The van der Waals surface area contributed by atoms with Gasteiger partial charge in [0.1, 0.15) is 0 Å². The van der Waals surface area contributed by atoms with E-state index in [1.54, 1.807) is 4.90 Å². The lowest BCUT2D eigenvalue weighted by Gasteiger charge is -2.39. The van der Waals surface area contributed by atoms with E-state index in [0.29, 0.717) is 26.2 Å². The third-order valence-electron chi connectivity index (χ3n) is 5.59. The molecule has 3 heterocycles. The maximum absolute atomic E-state index is 13.1. The van der Waals surface area contributed by atoms with Gasteiger partial charge >= 0.3 is 6.03 Å². The Labute approximate surface area is 180 Å². The van der Waals surface area contributed by atoms with E-state index in [2.05, 4.69) is 10.2 Å². The topological polar surface area (TPSA) is 55.9 Å². The lowest BCUT2D eigenvalue weighted by molar-refractivity contribution is -0.137. The molecule has 4 rings (SSSR count). The molecule has 2 aliphatic rings. The first-order valence-corrected chi connectivity index (χ1v) is 11.3. The number of carbonyl (C=O) groups is 2. The predicted octanol–water partition coefficient (Wildman–Crippen LogP) is 3.99. The number of anilines is 2. The molecular formula is C21H25ClN4O2S. The maximum atomic E-state index is 13.1. The van der Waals surface area contributed by atoms with Gasteiger partial charge in [-0.3, -0.25) is 10.1 Å². The van der Waals surface area contributed by atoms with Crippen LogP contribution < -0.4 is 10.2 Å². The fourth-order valence-electron chi connectivity index (χ4n) is 4.03. The van der Waals surface area contributed by atoms with Crippen molar-refractivity contribution in [2.24, 2.45) is 5.92 Å². The number of likely N-dealkylation sites (tertiary alicyclic amines) is 1. The van der Waals surface area contributed by atoms with Crippen molar-refractivity contribution in [3.8, 4) is 0 Å². The molecule has 29 heavy (non-hydrogen) atoms. The molecule has 2 fully saturated rings. The van der Waals surface area contributed by atoms with Crippen LogP contribution in [0.1, 0.15) is 12.8 Å². The van der Waals surface area contributed by atoms with E-state index < -0.39 is 0 Å². The molecule has 6 nitrogen and oxygen atoms in total. The Balaban J connectivity index is 1.31. The number of benzene rings is 1. The van der Waals surface area contributed by atoms with E-state index in [1.165, 1.54) is 11.3 Å². The summed E-state index contributed by atoms with van der Waals surface area (Å²) in [7, 11) is 0. The van der Waals surface area contributed by atoms with Crippen LogP contribution >= 0.6 is 22.9 Å². The molecule has 1 aromatic heterocycles. The lowest BCUT2D eigenvalue weighted by atomic mass is 9.96. The van der Waals surface area contributed by atoms with Crippen LogP contribution in [0.5, 0.6) is 0 Å². The van der Waals surface area contributed by atoms with E-state index in [-0.39, 0.29) is 17.9 Å². The summed E-state index contributed by atoms with van der Waals surface area (Å²) < 4.78 is 0. The number of urea groups is 1. The zero-order chi connectivity index (χ0) is 20.2. The minimum atomic E-state index is -0.121. The van der Waals surface area contributed by atoms with Crippen molar-refractivity contribution in [1.29, 1.82) is 0 Å². The smallest absolute Gasteiger partial charge is 0.322 e. The number of thiophene rings is 1. The number of hydrogen-bond donors (Lipinski definition) is 1. The first-order valence-electron chi connectivity index (χ1n) is 9.99. The van der Waals surface area contributed by atoms with Gasteiger partial charge in [0.2, 0.25) is 5.91 Å². The molecule has 0 radical (unpaired) electrons. The van der Waals surface area contributed by atoms with Gasteiger partial charge in [-0.25, -0.2) is 4.79 Å². The van der Waals surface area contributed by atoms with Crippen LogP contribution in [0.3, 0.4) is 0 Å². The van der Waals surface area contributed by atoms with Gasteiger partial charge in [-0.1, -0.05) is 23.7 Å². The quantitative estimate of drug-likeness (QED) is 0.797. The fraction of sp³-hybridized carbons (Fsp3) is 0.429. The molecule has 1 aromatic carbocycles. The van der Waals surface area contributed by atoms with Crippen molar-refractivity contribution in [1.82, 2.24) is 9.80 Å². The normalized spacial score (nSPS) is 19.9. The van der Waals surface area contributed by atoms with Crippen molar-refractivity contribution in [2.45, 2.75) is 12.8 Å². The Morgan fingerprint density at radius 1 is 1.00 bits per heavy atom. The number of piperazine rings is 1.